The van der Waals surface area contributed by atoms with Crippen molar-refractivity contribution >= 4 is 17.5 Å². The van der Waals surface area contributed by atoms with Gasteiger partial charge in [-0.25, -0.2) is 0 Å². The number of thioether (sulfide) groups is 1. The van der Waals surface area contributed by atoms with Crippen molar-refractivity contribution < 1.29 is 30.0 Å². The topological polar surface area (TPSA) is 123 Å². The van der Waals surface area contributed by atoms with E-state index in [0.717, 1.165) is 6.42 Å². The monoisotopic (exact) mass is 345 g/mol. The largest absolute Gasteiger partial charge is 0.394 e. The molecule has 7 nitrogen and oxygen atoms in total. The molecule has 0 radical (unpaired) electrons. The van der Waals surface area contributed by atoms with Crippen LogP contribution in [-0.2, 0) is 4.74 Å². The number of hydrogen-bond acceptors (Lipinski definition) is 7. The van der Waals surface area contributed by atoms with Crippen molar-refractivity contribution in [3.8, 4) is 0 Å². The number of hydrogen-bond donors (Lipinski definition) is 5. The van der Waals surface area contributed by atoms with Crippen LogP contribution in [0.2, 0.25) is 0 Å². The normalized spacial score (nSPS) is 31.2. The van der Waals surface area contributed by atoms with E-state index in [4.69, 9.17) is 9.84 Å². The zero-order valence-corrected chi connectivity index (χ0v) is 13.5. The lowest BCUT2D eigenvalue weighted by Crippen LogP contribution is -2.57. The maximum atomic E-state index is 11.8. The molecule has 5 atom stereocenters. The first-order valence-corrected chi connectivity index (χ1v) is 8.68. The molecule has 0 aromatic carbocycles. The van der Waals surface area contributed by atoms with Gasteiger partial charge in [0, 0.05) is 12.6 Å². The lowest BCUT2D eigenvalue weighted by Gasteiger charge is -2.39. The average molecular weight is 345 g/mol. The van der Waals surface area contributed by atoms with Crippen molar-refractivity contribution in [3.05, 3.63) is 24.0 Å². The third-order valence-electron chi connectivity index (χ3n) is 3.83. The second-order valence-corrected chi connectivity index (χ2v) is 6.74. The number of rotatable bonds is 8. The molecular formula is C15H23NO6S. The number of aliphatic hydroxyl groups is 4. The zero-order valence-electron chi connectivity index (χ0n) is 12.7. The predicted molar refractivity (Wildman–Crippen MR) is 85.2 cm³/mol. The van der Waals surface area contributed by atoms with Crippen molar-refractivity contribution in [1.82, 2.24) is 4.98 Å². The van der Waals surface area contributed by atoms with E-state index in [9.17, 15) is 20.1 Å². The molecule has 0 amide bonds. The van der Waals surface area contributed by atoms with Crippen molar-refractivity contribution in [2.45, 2.75) is 49.1 Å². The summed E-state index contributed by atoms with van der Waals surface area (Å²) >= 11 is 1.31. The number of aromatic nitrogens is 1. The van der Waals surface area contributed by atoms with Crippen molar-refractivity contribution in [1.29, 1.82) is 0 Å². The Balaban J connectivity index is 1.68. The maximum absolute atomic E-state index is 11.8. The van der Waals surface area contributed by atoms with Gasteiger partial charge < -0.3 is 30.1 Å². The van der Waals surface area contributed by atoms with Crippen LogP contribution in [0.4, 0.5) is 0 Å². The molecule has 1 aliphatic rings. The van der Waals surface area contributed by atoms with E-state index in [1.165, 1.54) is 11.8 Å². The first kappa shape index (κ1) is 18.4. The SMILES string of the molecule is O=C(CCCCSC1OC(CO)C(O)C(O)C1O)c1ccc[nH]1. The number of unbranched alkanes of at least 4 members (excludes halogenated alkanes) is 1. The lowest BCUT2D eigenvalue weighted by molar-refractivity contribution is -0.205. The highest BCUT2D eigenvalue weighted by Gasteiger charge is 2.43. The number of Topliss-reactive ketones (excluding diaryl/α,β-unsaturated/α-hetero) is 1. The quantitative estimate of drug-likeness (QED) is 0.329. The van der Waals surface area contributed by atoms with Crippen LogP contribution in [0.15, 0.2) is 18.3 Å². The van der Waals surface area contributed by atoms with Crippen LogP contribution in [0.5, 0.6) is 0 Å². The standard InChI is InChI=1S/C15H23NO6S/c17-8-11-12(19)13(20)14(21)15(22-11)23-7-2-1-5-10(18)9-4-3-6-16-9/h3-4,6,11-17,19-21H,1-2,5,7-8H2. The number of H-pyrrole nitrogens is 1. The fourth-order valence-corrected chi connectivity index (χ4v) is 3.61. The molecule has 23 heavy (non-hydrogen) atoms. The number of carbonyl (C=O) groups is 1. The molecule has 0 spiro atoms. The molecule has 0 aliphatic carbocycles. The van der Waals surface area contributed by atoms with Gasteiger partial charge in [-0.2, -0.15) is 0 Å². The molecule has 2 heterocycles. The van der Waals surface area contributed by atoms with Gasteiger partial charge in [-0.1, -0.05) is 0 Å². The third-order valence-corrected chi connectivity index (χ3v) is 5.07. The molecule has 5 unspecified atom stereocenters. The molecule has 0 bridgehead atoms. The minimum Gasteiger partial charge on any atom is -0.394 e. The van der Waals surface area contributed by atoms with Gasteiger partial charge in [0.1, 0.15) is 29.9 Å². The van der Waals surface area contributed by atoms with E-state index in [2.05, 4.69) is 4.98 Å². The summed E-state index contributed by atoms with van der Waals surface area (Å²) in [5, 5.41) is 38.4. The summed E-state index contributed by atoms with van der Waals surface area (Å²) < 4.78 is 5.40. The third kappa shape index (κ3) is 4.79. The summed E-state index contributed by atoms with van der Waals surface area (Å²) in [6.07, 6.45) is -1.14. The highest BCUT2D eigenvalue weighted by molar-refractivity contribution is 7.99. The first-order chi connectivity index (χ1) is 11.0. The molecule has 0 saturated carbocycles. The summed E-state index contributed by atoms with van der Waals surface area (Å²) in [7, 11) is 0. The number of ketones is 1. The predicted octanol–water partition coefficient (Wildman–Crippen LogP) is -0.0992. The number of aliphatic hydroxyl groups excluding tert-OH is 4. The summed E-state index contributed by atoms with van der Waals surface area (Å²) in [4.78, 5) is 14.7. The second kappa shape index (κ2) is 8.81. The van der Waals surface area contributed by atoms with Gasteiger partial charge in [-0.05, 0) is 30.7 Å². The van der Waals surface area contributed by atoms with Crippen molar-refractivity contribution in [2.75, 3.05) is 12.4 Å². The van der Waals surface area contributed by atoms with Crippen LogP contribution in [0.1, 0.15) is 29.8 Å². The Labute approximate surface area is 138 Å². The fraction of sp³-hybridized carbons (Fsp3) is 0.667. The average Bonchev–Trinajstić information content (AvgIpc) is 3.08. The van der Waals surface area contributed by atoms with Gasteiger partial charge in [0.05, 0.1) is 12.3 Å². The highest BCUT2D eigenvalue weighted by atomic mass is 32.2. The summed E-state index contributed by atoms with van der Waals surface area (Å²) in [5.74, 6) is 0.702. The molecule has 1 aliphatic heterocycles. The summed E-state index contributed by atoms with van der Waals surface area (Å²) in [6.45, 7) is -0.424. The smallest absolute Gasteiger partial charge is 0.178 e. The van der Waals surface area contributed by atoms with Crippen molar-refractivity contribution in [2.24, 2.45) is 0 Å². The van der Waals surface area contributed by atoms with Crippen LogP contribution >= 0.6 is 11.8 Å². The van der Waals surface area contributed by atoms with Crippen LogP contribution in [0.3, 0.4) is 0 Å². The van der Waals surface area contributed by atoms with Gasteiger partial charge >= 0.3 is 0 Å². The number of nitrogens with one attached hydrogen (secondary N) is 1. The van der Waals surface area contributed by atoms with E-state index in [-0.39, 0.29) is 5.78 Å². The van der Waals surface area contributed by atoms with Gasteiger partial charge in [-0.15, -0.1) is 11.8 Å². The second-order valence-electron chi connectivity index (χ2n) is 5.53. The number of ether oxygens (including phenoxy) is 1. The number of aromatic amines is 1. The van der Waals surface area contributed by atoms with Gasteiger partial charge in [-0.3, -0.25) is 4.79 Å². The minimum atomic E-state index is -1.34. The maximum Gasteiger partial charge on any atom is 0.178 e. The van der Waals surface area contributed by atoms with Crippen LogP contribution in [-0.4, -0.2) is 73.4 Å². The highest BCUT2D eigenvalue weighted by Crippen LogP contribution is 2.29. The van der Waals surface area contributed by atoms with Crippen LogP contribution < -0.4 is 0 Å². The van der Waals surface area contributed by atoms with Gasteiger partial charge in [0.15, 0.2) is 5.78 Å². The molecule has 130 valence electrons. The Bertz CT molecular complexity index is 480. The van der Waals surface area contributed by atoms with Crippen molar-refractivity contribution in [3.63, 3.8) is 0 Å². The lowest BCUT2D eigenvalue weighted by atomic mass is 10.0. The fourth-order valence-electron chi connectivity index (χ4n) is 2.43. The minimum absolute atomic E-state index is 0.0628. The molecule has 2 rings (SSSR count). The molecule has 8 heteroatoms. The molecular weight excluding hydrogens is 322 g/mol. The molecule has 5 N–H and O–H groups in total. The Hall–Kier alpha value is -0.900. The van der Waals surface area contributed by atoms with Gasteiger partial charge in [0.2, 0.25) is 0 Å². The molecule has 1 aromatic heterocycles. The Kier molecular flexibility index (Phi) is 7.07. The number of carbonyl (C=O) groups excluding carboxylic acids is 1. The van der Waals surface area contributed by atoms with E-state index in [1.807, 2.05) is 0 Å². The summed E-state index contributed by atoms with van der Waals surface area (Å²) in [5.41, 5.74) is -0.101. The Morgan fingerprint density at radius 2 is 2.00 bits per heavy atom. The molecule has 1 aromatic rings. The van der Waals surface area contributed by atoms with E-state index in [1.54, 1.807) is 18.3 Å². The van der Waals surface area contributed by atoms with Crippen LogP contribution in [0.25, 0.3) is 0 Å². The van der Waals surface area contributed by atoms with E-state index >= 15 is 0 Å². The molecule has 1 fully saturated rings. The van der Waals surface area contributed by atoms with E-state index in [0.29, 0.717) is 24.3 Å². The summed E-state index contributed by atoms with van der Waals surface area (Å²) in [6, 6.07) is 3.52. The van der Waals surface area contributed by atoms with Crippen LogP contribution in [0, 0.1) is 0 Å². The van der Waals surface area contributed by atoms with Gasteiger partial charge in [0.25, 0.3) is 0 Å². The Morgan fingerprint density at radius 1 is 1.22 bits per heavy atom. The first-order valence-electron chi connectivity index (χ1n) is 7.63. The zero-order chi connectivity index (χ0) is 16.8. The molecule has 1 saturated heterocycles. The van der Waals surface area contributed by atoms with E-state index < -0.39 is 36.5 Å². The Morgan fingerprint density at radius 3 is 2.65 bits per heavy atom.